The molecule has 1 aliphatic rings. The second kappa shape index (κ2) is 4.94. The lowest BCUT2D eigenvalue weighted by atomic mass is 9.91. The smallest absolute Gasteiger partial charge is 0.0540 e. The Kier molecular flexibility index (Phi) is 3.59. The van der Waals surface area contributed by atoms with E-state index in [2.05, 4.69) is 26.2 Å². The summed E-state index contributed by atoms with van der Waals surface area (Å²) >= 11 is 3.41. The zero-order chi connectivity index (χ0) is 10.7. The van der Waals surface area contributed by atoms with Gasteiger partial charge in [-0.2, -0.15) is 0 Å². The van der Waals surface area contributed by atoms with E-state index in [0.29, 0.717) is 12.1 Å². The van der Waals surface area contributed by atoms with Crippen molar-refractivity contribution in [2.24, 2.45) is 5.73 Å². The molecule has 3 N–H and O–H groups in total. The molecule has 1 saturated carbocycles. The molecular weight excluding hydrogens is 254 g/mol. The number of nitrogens with zero attached hydrogens (tertiary/aromatic N) is 1. The van der Waals surface area contributed by atoms with Crippen LogP contribution in [-0.4, -0.2) is 17.1 Å². The number of pyridine rings is 1. The van der Waals surface area contributed by atoms with Gasteiger partial charge in [0.1, 0.15) is 0 Å². The molecule has 1 aromatic rings. The number of nitrogens with one attached hydrogen (secondary N) is 1. The third kappa shape index (κ3) is 3.18. The van der Waals surface area contributed by atoms with Crippen molar-refractivity contribution in [3.8, 4) is 0 Å². The molecule has 0 saturated heterocycles. The highest BCUT2D eigenvalue weighted by Crippen LogP contribution is 2.22. The lowest BCUT2D eigenvalue weighted by Crippen LogP contribution is -2.34. The number of hydrogen-bond acceptors (Lipinski definition) is 3. The minimum atomic E-state index is 0.358. The number of halogens is 1. The highest BCUT2D eigenvalue weighted by atomic mass is 79.9. The molecule has 15 heavy (non-hydrogen) atoms. The van der Waals surface area contributed by atoms with Crippen molar-refractivity contribution in [3.63, 3.8) is 0 Å². The van der Waals surface area contributed by atoms with E-state index in [-0.39, 0.29) is 0 Å². The quantitative estimate of drug-likeness (QED) is 0.868. The summed E-state index contributed by atoms with van der Waals surface area (Å²) in [6, 6.07) is 2.91. The summed E-state index contributed by atoms with van der Waals surface area (Å²) in [5.74, 6) is 0. The van der Waals surface area contributed by atoms with Crippen LogP contribution >= 0.6 is 15.9 Å². The molecule has 4 heteroatoms. The minimum absolute atomic E-state index is 0.358. The van der Waals surface area contributed by atoms with Gasteiger partial charge in [0.05, 0.1) is 11.9 Å². The Morgan fingerprint density at radius 3 is 3.00 bits per heavy atom. The van der Waals surface area contributed by atoms with E-state index < -0.39 is 0 Å². The van der Waals surface area contributed by atoms with Gasteiger partial charge in [0.25, 0.3) is 0 Å². The lowest BCUT2D eigenvalue weighted by Gasteiger charge is -2.28. The Hall–Kier alpha value is -0.610. The van der Waals surface area contributed by atoms with E-state index in [1.54, 1.807) is 6.20 Å². The van der Waals surface area contributed by atoms with Gasteiger partial charge in [-0.3, -0.25) is 4.98 Å². The van der Waals surface area contributed by atoms with Crippen LogP contribution in [0.4, 0.5) is 5.69 Å². The molecule has 0 spiro atoms. The van der Waals surface area contributed by atoms with Crippen LogP contribution in [0.1, 0.15) is 25.7 Å². The van der Waals surface area contributed by atoms with E-state index in [1.165, 1.54) is 12.8 Å². The van der Waals surface area contributed by atoms with Crippen molar-refractivity contribution < 1.29 is 0 Å². The van der Waals surface area contributed by atoms with Crippen LogP contribution in [0, 0.1) is 0 Å². The van der Waals surface area contributed by atoms with E-state index in [1.807, 2.05) is 12.3 Å². The largest absolute Gasteiger partial charge is 0.381 e. The zero-order valence-electron chi connectivity index (χ0n) is 8.62. The third-order valence-corrected chi connectivity index (χ3v) is 3.22. The number of nitrogens with two attached hydrogens (primary N) is 1. The van der Waals surface area contributed by atoms with E-state index in [9.17, 15) is 0 Å². The average molecular weight is 270 g/mol. The molecule has 2 atom stereocenters. The lowest BCUT2D eigenvalue weighted by molar-refractivity contribution is 0.409. The molecule has 0 aromatic carbocycles. The van der Waals surface area contributed by atoms with Gasteiger partial charge in [0.2, 0.25) is 0 Å². The van der Waals surface area contributed by atoms with Gasteiger partial charge in [0, 0.05) is 22.8 Å². The monoisotopic (exact) mass is 269 g/mol. The molecular formula is C11H16BrN3. The summed E-state index contributed by atoms with van der Waals surface area (Å²) in [6.07, 6.45) is 8.30. The van der Waals surface area contributed by atoms with Crippen LogP contribution in [-0.2, 0) is 0 Å². The number of rotatable bonds is 2. The Morgan fingerprint density at radius 2 is 2.27 bits per heavy atom. The molecule has 0 radical (unpaired) electrons. The van der Waals surface area contributed by atoms with Gasteiger partial charge in [-0.15, -0.1) is 0 Å². The van der Waals surface area contributed by atoms with Crippen LogP contribution < -0.4 is 11.1 Å². The number of anilines is 1. The Morgan fingerprint density at radius 1 is 1.40 bits per heavy atom. The number of hydrogen-bond donors (Lipinski definition) is 2. The molecule has 1 heterocycles. The summed E-state index contributed by atoms with van der Waals surface area (Å²) < 4.78 is 1.01. The van der Waals surface area contributed by atoms with E-state index >= 15 is 0 Å². The first-order chi connectivity index (χ1) is 7.24. The molecule has 2 rings (SSSR count). The summed E-state index contributed by atoms with van der Waals surface area (Å²) in [6.45, 7) is 0. The molecule has 2 unspecified atom stereocenters. The molecule has 1 aliphatic carbocycles. The topological polar surface area (TPSA) is 50.9 Å². The molecule has 0 amide bonds. The fourth-order valence-electron chi connectivity index (χ4n) is 2.09. The molecule has 1 fully saturated rings. The van der Waals surface area contributed by atoms with Gasteiger partial charge in [-0.25, -0.2) is 0 Å². The van der Waals surface area contributed by atoms with Crippen molar-refractivity contribution >= 4 is 21.6 Å². The predicted molar refractivity (Wildman–Crippen MR) is 65.8 cm³/mol. The fraction of sp³-hybridized carbons (Fsp3) is 0.545. The fourth-order valence-corrected chi connectivity index (χ4v) is 2.45. The third-order valence-electron chi connectivity index (χ3n) is 2.79. The summed E-state index contributed by atoms with van der Waals surface area (Å²) in [5, 5.41) is 3.48. The number of aromatic nitrogens is 1. The SMILES string of the molecule is NC1CCCC(Nc2cncc(Br)c2)C1. The van der Waals surface area contributed by atoms with E-state index in [0.717, 1.165) is 23.0 Å². The Balaban J connectivity index is 1.96. The molecule has 0 bridgehead atoms. The highest BCUT2D eigenvalue weighted by Gasteiger charge is 2.18. The van der Waals surface area contributed by atoms with Gasteiger partial charge in [0.15, 0.2) is 0 Å². The van der Waals surface area contributed by atoms with Crippen LogP contribution in [0.15, 0.2) is 22.9 Å². The van der Waals surface area contributed by atoms with Gasteiger partial charge >= 0.3 is 0 Å². The predicted octanol–water partition coefficient (Wildman–Crippen LogP) is 2.53. The summed E-state index contributed by atoms with van der Waals surface area (Å²) in [4.78, 5) is 4.13. The Bertz CT molecular complexity index is 329. The maximum Gasteiger partial charge on any atom is 0.0540 e. The second-order valence-corrected chi connectivity index (χ2v) is 5.08. The van der Waals surface area contributed by atoms with Crippen LogP contribution in [0.2, 0.25) is 0 Å². The normalized spacial score (nSPS) is 26.3. The van der Waals surface area contributed by atoms with Crippen molar-refractivity contribution in [1.82, 2.24) is 4.98 Å². The van der Waals surface area contributed by atoms with Gasteiger partial charge in [-0.1, -0.05) is 0 Å². The molecule has 82 valence electrons. The average Bonchev–Trinajstić information content (AvgIpc) is 2.17. The summed E-state index contributed by atoms with van der Waals surface area (Å²) in [5.41, 5.74) is 7.02. The second-order valence-electron chi connectivity index (χ2n) is 4.16. The van der Waals surface area contributed by atoms with Gasteiger partial charge < -0.3 is 11.1 Å². The first-order valence-corrected chi connectivity index (χ1v) is 6.16. The Labute approximate surface area is 98.6 Å². The highest BCUT2D eigenvalue weighted by molar-refractivity contribution is 9.10. The van der Waals surface area contributed by atoms with Crippen LogP contribution in [0.5, 0.6) is 0 Å². The molecule has 1 aromatic heterocycles. The van der Waals surface area contributed by atoms with Crippen LogP contribution in [0.3, 0.4) is 0 Å². The zero-order valence-corrected chi connectivity index (χ0v) is 10.2. The van der Waals surface area contributed by atoms with Crippen molar-refractivity contribution in [2.45, 2.75) is 37.8 Å². The molecule has 3 nitrogen and oxygen atoms in total. The minimum Gasteiger partial charge on any atom is -0.381 e. The summed E-state index contributed by atoms with van der Waals surface area (Å²) in [7, 11) is 0. The van der Waals surface area contributed by atoms with E-state index in [4.69, 9.17) is 5.73 Å². The first kappa shape index (κ1) is 10.9. The standard InChI is InChI=1S/C11H16BrN3/c12-8-4-11(7-14-6-8)15-10-3-1-2-9(13)5-10/h4,6-7,9-10,15H,1-3,5,13H2. The van der Waals surface area contributed by atoms with Gasteiger partial charge in [-0.05, 0) is 47.7 Å². The molecule has 0 aliphatic heterocycles. The maximum absolute atomic E-state index is 5.94. The maximum atomic E-state index is 5.94. The van der Waals surface area contributed by atoms with Crippen molar-refractivity contribution in [3.05, 3.63) is 22.9 Å². The first-order valence-electron chi connectivity index (χ1n) is 5.37. The van der Waals surface area contributed by atoms with Crippen LogP contribution in [0.25, 0.3) is 0 Å². The van der Waals surface area contributed by atoms with Crippen molar-refractivity contribution in [1.29, 1.82) is 0 Å². The van der Waals surface area contributed by atoms with Crippen molar-refractivity contribution in [2.75, 3.05) is 5.32 Å².